The zero-order chi connectivity index (χ0) is 57.3. The summed E-state index contributed by atoms with van der Waals surface area (Å²) in [5, 5.41) is 6.23. The number of benzene rings is 10. The SMILES string of the molecule is [2H]c1c([2H])c([2H])c(-c2nc(-c3c([2H])c([2H])c(-c4c([2H])c([2H])c([2H])c([2H])c4[2H])c([2H])c3[2H])nc(-c3cccc4c3oc3cccc(-c5ccc6c7c5c5ccccc5c5cccc(c57)n6-c5c([2H])c([2H])c([2H])c([2H])c5[2H])c34)n2)c([2H])c1[2H]. The fourth-order valence-electron chi connectivity index (χ4n) is 8.67. The maximum Gasteiger partial charge on any atom is 0.167 e. The van der Waals surface area contributed by atoms with E-state index in [1.807, 2.05) is 72.8 Å². The van der Waals surface area contributed by atoms with Crippen molar-refractivity contribution < 1.29 is 30.5 Å². The Hall–Kier alpha value is -8.41. The normalized spacial score (nSPS) is 16.2. The monoisotopic (exact) mass is 809 g/mol. The maximum atomic E-state index is 9.30. The van der Waals surface area contributed by atoms with Crippen LogP contribution in [-0.4, -0.2) is 19.5 Å². The van der Waals surface area contributed by atoms with Gasteiger partial charge in [-0.25, -0.2) is 15.0 Å². The fraction of sp³-hybridized carbons (Fsp3) is 0. The molecule has 0 amide bonds. The van der Waals surface area contributed by atoms with Gasteiger partial charge in [0.05, 0.1) is 42.6 Å². The lowest BCUT2D eigenvalue weighted by molar-refractivity contribution is 0.669. The van der Waals surface area contributed by atoms with Crippen LogP contribution in [0.25, 0.3) is 127 Å². The Morgan fingerprint density at radius 2 is 0.903 bits per heavy atom. The van der Waals surface area contributed by atoms with E-state index in [4.69, 9.17) is 37.7 Å². The number of hydrogen-bond acceptors (Lipinski definition) is 4. The second-order valence-corrected chi connectivity index (χ2v) is 14.5. The average Bonchev–Trinajstić information content (AvgIpc) is 4.22. The lowest BCUT2D eigenvalue weighted by atomic mass is 9.88. The Morgan fingerprint density at radius 3 is 1.68 bits per heavy atom. The van der Waals surface area contributed by atoms with Crippen molar-refractivity contribution in [2.75, 3.05) is 0 Å². The third kappa shape index (κ3) is 5.18. The Morgan fingerprint density at radius 1 is 0.371 bits per heavy atom. The second kappa shape index (κ2) is 13.6. The van der Waals surface area contributed by atoms with Crippen LogP contribution in [0.5, 0.6) is 0 Å². The molecular formula is C57H34N4O. The van der Waals surface area contributed by atoms with Gasteiger partial charge in [-0.1, -0.05) is 169 Å². The molecule has 288 valence electrons. The molecule has 0 atom stereocenters. The summed E-state index contributed by atoms with van der Waals surface area (Å²) in [7, 11) is 0. The summed E-state index contributed by atoms with van der Waals surface area (Å²) in [4.78, 5) is 13.9. The van der Waals surface area contributed by atoms with Crippen LogP contribution in [0.3, 0.4) is 0 Å². The molecule has 0 N–H and O–H groups in total. The highest BCUT2D eigenvalue weighted by atomic mass is 16.3. The van der Waals surface area contributed by atoms with Crippen LogP contribution in [0.2, 0.25) is 0 Å². The number of nitrogens with zero attached hydrogens (tertiary/aromatic N) is 4. The van der Waals surface area contributed by atoms with Gasteiger partial charge in [-0.15, -0.1) is 0 Å². The quantitative estimate of drug-likeness (QED) is 0.157. The predicted molar refractivity (Wildman–Crippen MR) is 255 cm³/mol. The smallest absolute Gasteiger partial charge is 0.167 e. The van der Waals surface area contributed by atoms with Crippen LogP contribution in [0.15, 0.2) is 210 Å². The van der Waals surface area contributed by atoms with E-state index in [1.165, 1.54) is 0 Å². The first-order chi connectivity index (χ1) is 38.7. The number of furan rings is 1. The van der Waals surface area contributed by atoms with Crippen LogP contribution < -0.4 is 0 Å². The van der Waals surface area contributed by atoms with E-state index < -0.39 is 137 Å². The van der Waals surface area contributed by atoms with Gasteiger partial charge in [-0.3, -0.25) is 0 Å². The molecule has 3 aromatic heterocycles. The van der Waals surface area contributed by atoms with Gasteiger partial charge < -0.3 is 8.98 Å². The largest absolute Gasteiger partial charge is 0.455 e. The molecule has 0 unspecified atom stereocenters. The molecule has 5 heteroatoms. The molecule has 0 spiro atoms. The molecule has 62 heavy (non-hydrogen) atoms. The van der Waals surface area contributed by atoms with Crippen molar-refractivity contribution in [3.05, 3.63) is 206 Å². The van der Waals surface area contributed by atoms with Crippen LogP contribution in [0.4, 0.5) is 0 Å². The van der Waals surface area contributed by atoms with Crippen molar-refractivity contribution in [2.24, 2.45) is 0 Å². The van der Waals surface area contributed by atoms with Gasteiger partial charge in [-0.2, -0.15) is 0 Å². The molecule has 10 aromatic carbocycles. The number of rotatable bonds is 6. The summed E-state index contributed by atoms with van der Waals surface area (Å²) in [6.45, 7) is 0. The lowest BCUT2D eigenvalue weighted by Crippen LogP contribution is -2.00. The van der Waals surface area contributed by atoms with E-state index in [9.17, 15) is 2.74 Å². The molecule has 13 rings (SSSR count). The Balaban J connectivity index is 1.08. The minimum absolute atomic E-state index is 0.00183. The predicted octanol–water partition coefficient (Wildman–Crippen LogP) is 14.9. The van der Waals surface area contributed by atoms with Gasteiger partial charge in [0.2, 0.25) is 0 Å². The van der Waals surface area contributed by atoms with Crippen molar-refractivity contribution in [2.45, 2.75) is 0 Å². The number of hydrogen-bond donors (Lipinski definition) is 0. The summed E-state index contributed by atoms with van der Waals surface area (Å²) in [6.07, 6.45) is 0. The zero-order valence-electron chi connectivity index (χ0n) is 50.9. The first-order valence-corrected chi connectivity index (χ1v) is 19.4. The van der Waals surface area contributed by atoms with Crippen LogP contribution in [-0.2, 0) is 0 Å². The number of fused-ring (bicyclic) bond motifs is 6. The first kappa shape index (κ1) is 20.7. The summed E-state index contributed by atoms with van der Waals surface area (Å²) >= 11 is 0. The summed E-state index contributed by atoms with van der Waals surface area (Å²) in [5.41, 5.74) is 1.28. The number of para-hydroxylation sites is 2. The number of aromatic nitrogens is 4. The second-order valence-electron chi connectivity index (χ2n) is 14.5. The third-order valence-corrected chi connectivity index (χ3v) is 11.2. The summed E-state index contributed by atoms with van der Waals surface area (Å²) in [6, 6.07) is 15.4. The van der Waals surface area contributed by atoms with E-state index in [2.05, 4.69) is 4.98 Å². The molecule has 0 aliphatic heterocycles. The molecule has 0 fully saturated rings. The van der Waals surface area contributed by atoms with Crippen LogP contribution >= 0.6 is 0 Å². The molecule has 0 radical (unpaired) electrons. The van der Waals surface area contributed by atoms with Gasteiger partial charge in [-0.05, 0) is 74.8 Å². The average molecular weight is 810 g/mol. The van der Waals surface area contributed by atoms with E-state index >= 15 is 0 Å². The third-order valence-electron chi connectivity index (χ3n) is 11.2. The Kier molecular flexibility index (Phi) is 4.53. The Bertz CT molecular complexity index is 4900. The fourth-order valence-corrected chi connectivity index (χ4v) is 8.67. The molecule has 0 saturated heterocycles. The van der Waals surface area contributed by atoms with Gasteiger partial charge in [0.25, 0.3) is 0 Å². The first-order valence-electron chi connectivity index (χ1n) is 28.9. The summed E-state index contributed by atoms with van der Waals surface area (Å²) in [5.74, 6) is -1.27. The molecule has 0 saturated carbocycles. The highest BCUT2D eigenvalue weighted by molar-refractivity contribution is 6.37. The summed E-state index contributed by atoms with van der Waals surface area (Å²) < 4.78 is 174. The lowest BCUT2D eigenvalue weighted by Gasteiger charge is -2.14. The van der Waals surface area contributed by atoms with E-state index in [-0.39, 0.29) is 34.7 Å². The molecule has 13 aromatic rings. The molecule has 0 aliphatic carbocycles. The molecular weight excluding hydrogens is 757 g/mol. The molecule has 5 nitrogen and oxygen atoms in total. The van der Waals surface area contributed by atoms with Gasteiger partial charge in [0.15, 0.2) is 17.5 Å². The Labute approximate surface area is 382 Å². The van der Waals surface area contributed by atoms with Gasteiger partial charge in [0.1, 0.15) is 11.2 Å². The van der Waals surface area contributed by atoms with Gasteiger partial charge in [0, 0.05) is 43.7 Å². The van der Waals surface area contributed by atoms with E-state index in [0.717, 1.165) is 37.9 Å². The molecule has 0 bridgehead atoms. The van der Waals surface area contributed by atoms with Crippen molar-refractivity contribution in [3.8, 4) is 62.1 Å². The van der Waals surface area contributed by atoms with Gasteiger partial charge >= 0.3 is 0 Å². The van der Waals surface area contributed by atoms with Crippen molar-refractivity contribution in [1.29, 1.82) is 0 Å². The van der Waals surface area contributed by atoms with Crippen LogP contribution in [0.1, 0.15) is 26.0 Å². The van der Waals surface area contributed by atoms with Crippen molar-refractivity contribution in [3.63, 3.8) is 0 Å². The zero-order valence-corrected chi connectivity index (χ0v) is 31.9. The van der Waals surface area contributed by atoms with E-state index in [1.54, 1.807) is 22.8 Å². The maximum absolute atomic E-state index is 9.30. The van der Waals surface area contributed by atoms with Crippen molar-refractivity contribution >= 4 is 65.3 Å². The van der Waals surface area contributed by atoms with Crippen LogP contribution in [0, 0.1) is 0 Å². The highest BCUT2D eigenvalue weighted by Gasteiger charge is 2.25. The molecule has 0 aliphatic rings. The van der Waals surface area contributed by atoms with E-state index in [0.29, 0.717) is 33.0 Å². The minimum atomic E-state index is -0.808. The minimum Gasteiger partial charge on any atom is -0.455 e. The molecule has 3 heterocycles. The standard InChI is InChI=1S/C57H34N4O/c1-4-15-35(16-5-1)36-29-31-38(32-30-36)56-58-55(37-17-6-2-7-18-37)59-57(60-56)46-26-12-25-45-50-43(24-14-28-49(50)62-54(45)46)44-33-34-48-53-51(44)41-22-11-10-21-40(41)42-23-13-27-47(52(42)53)61(48)39-19-8-3-9-20-39/h1-34H/i1D,2D,3D,4D,5D,6D,7D,8D,9D,15D,16D,17D,18D,19D,20D,29D,30D,31D,32D. The highest BCUT2D eigenvalue weighted by Crippen LogP contribution is 2.49. The topological polar surface area (TPSA) is 56.7 Å². The van der Waals surface area contributed by atoms with Crippen molar-refractivity contribution in [1.82, 2.24) is 19.5 Å².